The number of carbonyl (C=O) groups excluding carboxylic acids is 1. The minimum Gasteiger partial charge on any atom is -0.300 e. The number of hydrogen-bond donors (Lipinski definition) is 0. The van der Waals surface area contributed by atoms with Gasteiger partial charge in [-0.2, -0.15) is 0 Å². The molecule has 66 valence electrons. The summed E-state index contributed by atoms with van der Waals surface area (Å²) in [7, 11) is 0. The summed E-state index contributed by atoms with van der Waals surface area (Å²) in [6.45, 7) is 4.00. The molecule has 0 aromatic carbocycles. The molecule has 0 N–H and O–H groups in total. The van der Waals surface area contributed by atoms with Crippen LogP contribution >= 0.6 is 0 Å². The van der Waals surface area contributed by atoms with Crippen molar-refractivity contribution in [3.63, 3.8) is 0 Å². The van der Waals surface area contributed by atoms with Crippen LogP contribution in [0.4, 0.5) is 0 Å². The van der Waals surface area contributed by atoms with Gasteiger partial charge in [-0.1, -0.05) is 19.1 Å². The van der Waals surface area contributed by atoms with Gasteiger partial charge in [-0.15, -0.1) is 0 Å². The summed E-state index contributed by atoms with van der Waals surface area (Å²) >= 11 is 0. The molecular formula is C11H16O. The van der Waals surface area contributed by atoms with Crippen LogP contribution in [0.3, 0.4) is 0 Å². The fourth-order valence-electron chi connectivity index (χ4n) is 2.84. The topological polar surface area (TPSA) is 17.1 Å². The average Bonchev–Trinajstić information content (AvgIpc) is 2.53. The molecule has 1 saturated carbocycles. The monoisotopic (exact) mass is 164 g/mol. The third-order valence-corrected chi connectivity index (χ3v) is 3.57. The van der Waals surface area contributed by atoms with Crippen LogP contribution in [-0.2, 0) is 4.79 Å². The molecule has 0 heterocycles. The predicted octanol–water partition coefficient (Wildman–Crippen LogP) is 2.42. The minimum atomic E-state index is 0.354. The maximum absolute atomic E-state index is 11.0. The molecule has 1 heteroatoms. The summed E-state index contributed by atoms with van der Waals surface area (Å²) in [4.78, 5) is 11.0. The number of fused-ring (bicyclic) bond motifs is 2. The highest BCUT2D eigenvalue weighted by atomic mass is 16.1. The molecular weight excluding hydrogens is 148 g/mol. The van der Waals surface area contributed by atoms with Crippen molar-refractivity contribution in [2.75, 3.05) is 0 Å². The molecule has 0 aromatic heterocycles. The highest BCUT2D eigenvalue weighted by molar-refractivity contribution is 5.75. The zero-order chi connectivity index (χ0) is 8.72. The molecule has 0 saturated heterocycles. The first-order valence-electron chi connectivity index (χ1n) is 4.86. The summed E-state index contributed by atoms with van der Waals surface area (Å²) in [6, 6.07) is 0. The smallest absolute Gasteiger partial charge is 0.130 e. The quantitative estimate of drug-likeness (QED) is 0.573. The maximum Gasteiger partial charge on any atom is 0.130 e. The lowest BCUT2D eigenvalue weighted by molar-refractivity contribution is -0.118. The van der Waals surface area contributed by atoms with E-state index in [0.717, 1.165) is 18.3 Å². The Morgan fingerprint density at radius 2 is 2.08 bits per heavy atom. The van der Waals surface area contributed by atoms with E-state index in [0.29, 0.717) is 17.6 Å². The van der Waals surface area contributed by atoms with Crippen LogP contribution in [-0.4, -0.2) is 5.78 Å². The van der Waals surface area contributed by atoms with Crippen molar-refractivity contribution in [3.8, 4) is 0 Å². The molecule has 1 fully saturated rings. The van der Waals surface area contributed by atoms with Crippen molar-refractivity contribution in [2.45, 2.75) is 26.7 Å². The second kappa shape index (κ2) is 2.72. The van der Waals surface area contributed by atoms with Crippen LogP contribution in [0.1, 0.15) is 26.7 Å². The van der Waals surface area contributed by atoms with Gasteiger partial charge in [0.25, 0.3) is 0 Å². The summed E-state index contributed by atoms with van der Waals surface area (Å²) < 4.78 is 0. The third kappa shape index (κ3) is 1.12. The van der Waals surface area contributed by atoms with E-state index < -0.39 is 0 Å². The van der Waals surface area contributed by atoms with Gasteiger partial charge in [0.1, 0.15) is 5.78 Å². The SMILES string of the molecule is CC(=O)CC1C2C=CC(C2)C1C. The van der Waals surface area contributed by atoms with Gasteiger partial charge in [-0.05, 0) is 37.0 Å². The van der Waals surface area contributed by atoms with Crippen LogP contribution < -0.4 is 0 Å². The highest BCUT2D eigenvalue weighted by Gasteiger charge is 2.41. The molecule has 4 unspecified atom stereocenters. The lowest BCUT2D eigenvalue weighted by Crippen LogP contribution is -2.19. The third-order valence-electron chi connectivity index (χ3n) is 3.57. The summed E-state index contributed by atoms with van der Waals surface area (Å²) in [6.07, 6.45) is 6.76. The van der Waals surface area contributed by atoms with Crippen molar-refractivity contribution >= 4 is 5.78 Å². The van der Waals surface area contributed by atoms with E-state index in [1.54, 1.807) is 6.92 Å². The number of carbonyl (C=O) groups is 1. The standard InChI is InChI=1S/C11H16O/c1-7(12)5-11-8(2)9-3-4-10(11)6-9/h3-4,8-11H,5-6H2,1-2H3. The van der Waals surface area contributed by atoms with Crippen LogP contribution in [0.25, 0.3) is 0 Å². The van der Waals surface area contributed by atoms with E-state index in [2.05, 4.69) is 19.1 Å². The van der Waals surface area contributed by atoms with Crippen LogP contribution in [0.2, 0.25) is 0 Å². The fourth-order valence-corrected chi connectivity index (χ4v) is 2.84. The van der Waals surface area contributed by atoms with Gasteiger partial charge in [-0.3, -0.25) is 0 Å². The molecule has 1 nitrogen and oxygen atoms in total. The summed E-state index contributed by atoms with van der Waals surface area (Å²) in [5.74, 6) is 3.24. The number of hydrogen-bond acceptors (Lipinski definition) is 1. The Hall–Kier alpha value is -0.590. The Labute approximate surface area is 73.8 Å². The Balaban J connectivity index is 2.08. The largest absolute Gasteiger partial charge is 0.300 e. The van der Waals surface area contributed by atoms with Crippen molar-refractivity contribution < 1.29 is 4.79 Å². The van der Waals surface area contributed by atoms with Gasteiger partial charge in [0.05, 0.1) is 0 Å². The lowest BCUT2D eigenvalue weighted by atomic mass is 9.81. The predicted molar refractivity (Wildman–Crippen MR) is 48.7 cm³/mol. The highest BCUT2D eigenvalue weighted by Crippen LogP contribution is 2.48. The normalized spacial score (nSPS) is 43.8. The molecule has 2 aliphatic carbocycles. The van der Waals surface area contributed by atoms with Gasteiger partial charge in [0, 0.05) is 6.42 Å². The first-order valence-corrected chi connectivity index (χ1v) is 4.86. The van der Waals surface area contributed by atoms with Gasteiger partial charge >= 0.3 is 0 Å². The molecule has 0 aromatic rings. The lowest BCUT2D eigenvalue weighted by Gasteiger charge is -2.23. The first-order chi connectivity index (χ1) is 5.68. The summed E-state index contributed by atoms with van der Waals surface area (Å²) in [5.41, 5.74) is 0. The Morgan fingerprint density at radius 3 is 2.58 bits per heavy atom. The Morgan fingerprint density at radius 1 is 1.42 bits per heavy atom. The molecule has 12 heavy (non-hydrogen) atoms. The molecule has 2 bridgehead atoms. The first kappa shape index (κ1) is 8.03. The molecule has 0 amide bonds. The molecule has 2 aliphatic rings. The van der Waals surface area contributed by atoms with E-state index in [4.69, 9.17) is 0 Å². The maximum atomic E-state index is 11.0. The Kier molecular flexibility index (Phi) is 1.82. The van der Waals surface area contributed by atoms with Gasteiger partial charge in [-0.25, -0.2) is 0 Å². The molecule has 2 rings (SSSR count). The van der Waals surface area contributed by atoms with Gasteiger partial charge in [0.2, 0.25) is 0 Å². The molecule has 0 aliphatic heterocycles. The van der Waals surface area contributed by atoms with Crippen LogP contribution in [0.5, 0.6) is 0 Å². The van der Waals surface area contributed by atoms with E-state index in [9.17, 15) is 4.79 Å². The van der Waals surface area contributed by atoms with Crippen molar-refractivity contribution in [3.05, 3.63) is 12.2 Å². The molecule has 0 radical (unpaired) electrons. The summed E-state index contributed by atoms with van der Waals surface area (Å²) in [5, 5.41) is 0. The minimum absolute atomic E-state index is 0.354. The molecule has 4 atom stereocenters. The second-order valence-electron chi connectivity index (χ2n) is 4.38. The second-order valence-corrected chi connectivity index (χ2v) is 4.38. The number of Topliss-reactive ketones (excluding diaryl/α,β-unsaturated/α-hetero) is 1. The fraction of sp³-hybridized carbons (Fsp3) is 0.727. The zero-order valence-corrected chi connectivity index (χ0v) is 7.79. The van der Waals surface area contributed by atoms with Crippen molar-refractivity contribution in [1.82, 2.24) is 0 Å². The Bertz CT molecular complexity index is 229. The number of rotatable bonds is 2. The van der Waals surface area contributed by atoms with E-state index >= 15 is 0 Å². The average molecular weight is 164 g/mol. The zero-order valence-electron chi connectivity index (χ0n) is 7.79. The van der Waals surface area contributed by atoms with Crippen molar-refractivity contribution in [1.29, 1.82) is 0 Å². The van der Waals surface area contributed by atoms with Crippen LogP contribution in [0, 0.1) is 23.7 Å². The van der Waals surface area contributed by atoms with E-state index in [1.165, 1.54) is 6.42 Å². The number of allylic oxidation sites excluding steroid dienone is 2. The van der Waals surface area contributed by atoms with Gasteiger partial charge < -0.3 is 4.79 Å². The number of ketones is 1. The van der Waals surface area contributed by atoms with E-state index in [-0.39, 0.29) is 0 Å². The van der Waals surface area contributed by atoms with Crippen LogP contribution in [0.15, 0.2) is 12.2 Å². The molecule has 0 spiro atoms. The van der Waals surface area contributed by atoms with Crippen molar-refractivity contribution in [2.24, 2.45) is 23.7 Å². The van der Waals surface area contributed by atoms with E-state index in [1.807, 2.05) is 0 Å². The van der Waals surface area contributed by atoms with Gasteiger partial charge in [0.15, 0.2) is 0 Å².